The van der Waals surface area contributed by atoms with Crippen LogP contribution in [-0.4, -0.2) is 25.4 Å². The standard InChI is InChI=1S/C11H14ClNO2S/c1-15-11(14)7-8-2-3-10(9(12)6-8)16-5-4-13/h2-3,6H,4-5,7,13H2,1H3. The van der Waals surface area contributed by atoms with Crippen LogP contribution in [0.3, 0.4) is 0 Å². The highest BCUT2D eigenvalue weighted by Crippen LogP contribution is 2.27. The molecule has 0 fully saturated rings. The summed E-state index contributed by atoms with van der Waals surface area (Å²) in [4.78, 5) is 12.0. The normalized spacial score (nSPS) is 10.2. The number of hydrogen-bond acceptors (Lipinski definition) is 4. The van der Waals surface area contributed by atoms with Gasteiger partial charge in [0, 0.05) is 17.2 Å². The predicted octanol–water partition coefficient (Wildman–Crippen LogP) is 2.11. The summed E-state index contributed by atoms with van der Waals surface area (Å²) in [5.41, 5.74) is 6.27. The molecule has 5 heteroatoms. The first kappa shape index (κ1) is 13.4. The number of methoxy groups -OCH3 is 1. The molecule has 0 unspecified atom stereocenters. The third-order valence-electron chi connectivity index (χ3n) is 1.95. The molecular weight excluding hydrogens is 246 g/mol. The van der Waals surface area contributed by atoms with E-state index in [1.165, 1.54) is 7.11 Å². The number of carbonyl (C=O) groups is 1. The molecule has 0 aromatic heterocycles. The van der Waals surface area contributed by atoms with Gasteiger partial charge < -0.3 is 10.5 Å². The minimum atomic E-state index is -0.265. The molecule has 16 heavy (non-hydrogen) atoms. The fourth-order valence-corrected chi connectivity index (χ4v) is 2.24. The van der Waals surface area contributed by atoms with Gasteiger partial charge in [0.25, 0.3) is 0 Å². The van der Waals surface area contributed by atoms with Crippen LogP contribution in [0.15, 0.2) is 23.1 Å². The van der Waals surface area contributed by atoms with Crippen LogP contribution in [0.2, 0.25) is 5.02 Å². The lowest BCUT2D eigenvalue weighted by Crippen LogP contribution is -2.04. The van der Waals surface area contributed by atoms with Crippen LogP contribution in [0.4, 0.5) is 0 Å². The van der Waals surface area contributed by atoms with Crippen molar-refractivity contribution in [2.24, 2.45) is 5.73 Å². The summed E-state index contributed by atoms with van der Waals surface area (Å²) in [6, 6.07) is 5.57. The van der Waals surface area contributed by atoms with Gasteiger partial charge in [0.05, 0.1) is 18.6 Å². The maximum absolute atomic E-state index is 11.1. The van der Waals surface area contributed by atoms with E-state index in [4.69, 9.17) is 17.3 Å². The van der Waals surface area contributed by atoms with Crippen LogP contribution >= 0.6 is 23.4 Å². The van der Waals surface area contributed by atoms with Crippen LogP contribution in [-0.2, 0) is 16.0 Å². The molecular formula is C11H14ClNO2S. The minimum absolute atomic E-state index is 0.248. The number of thioether (sulfide) groups is 1. The molecule has 0 radical (unpaired) electrons. The monoisotopic (exact) mass is 259 g/mol. The highest BCUT2D eigenvalue weighted by molar-refractivity contribution is 7.99. The summed E-state index contributed by atoms with van der Waals surface area (Å²) in [6.07, 6.45) is 0.248. The first-order chi connectivity index (χ1) is 7.67. The molecule has 1 aromatic rings. The van der Waals surface area contributed by atoms with Crippen LogP contribution in [0.5, 0.6) is 0 Å². The van der Waals surface area contributed by atoms with Crippen molar-refractivity contribution in [3.05, 3.63) is 28.8 Å². The third kappa shape index (κ3) is 4.04. The van der Waals surface area contributed by atoms with Crippen molar-refractivity contribution in [3.63, 3.8) is 0 Å². The number of halogens is 1. The van der Waals surface area contributed by atoms with Crippen molar-refractivity contribution in [1.29, 1.82) is 0 Å². The van der Waals surface area contributed by atoms with E-state index in [0.717, 1.165) is 16.2 Å². The Morgan fingerprint density at radius 3 is 2.88 bits per heavy atom. The number of carbonyl (C=O) groups excluding carboxylic acids is 1. The Morgan fingerprint density at radius 1 is 1.56 bits per heavy atom. The Morgan fingerprint density at radius 2 is 2.31 bits per heavy atom. The average molecular weight is 260 g/mol. The van der Waals surface area contributed by atoms with Crippen molar-refractivity contribution < 1.29 is 9.53 Å². The summed E-state index contributed by atoms with van der Waals surface area (Å²) in [7, 11) is 1.37. The lowest BCUT2D eigenvalue weighted by atomic mass is 10.1. The molecule has 0 atom stereocenters. The van der Waals surface area contributed by atoms with Gasteiger partial charge in [0.15, 0.2) is 0 Å². The largest absolute Gasteiger partial charge is 0.469 e. The van der Waals surface area contributed by atoms with E-state index < -0.39 is 0 Å². The highest BCUT2D eigenvalue weighted by Gasteiger charge is 2.06. The Kier molecular flexibility index (Phi) is 5.66. The zero-order valence-electron chi connectivity index (χ0n) is 9.03. The van der Waals surface area contributed by atoms with Gasteiger partial charge in [-0.25, -0.2) is 0 Å². The molecule has 0 spiro atoms. The predicted molar refractivity (Wildman–Crippen MR) is 67.0 cm³/mol. The van der Waals surface area contributed by atoms with Gasteiger partial charge in [-0.05, 0) is 17.7 Å². The summed E-state index contributed by atoms with van der Waals surface area (Å²) in [5.74, 6) is 0.564. The molecule has 0 amide bonds. The van der Waals surface area contributed by atoms with Gasteiger partial charge in [-0.3, -0.25) is 4.79 Å². The molecule has 0 bridgehead atoms. The first-order valence-corrected chi connectivity index (χ1v) is 6.22. The Labute approximate surface area is 104 Å². The summed E-state index contributed by atoms with van der Waals surface area (Å²) in [6.45, 7) is 0.616. The molecule has 1 rings (SSSR count). The SMILES string of the molecule is COC(=O)Cc1ccc(SCCN)c(Cl)c1. The summed E-state index contributed by atoms with van der Waals surface area (Å²) >= 11 is 7.69. The van der Waals surface area contributed by atoms with Crippen molar-refractivity contribution in [3.8, 4) is 0 Å². The second-order valence-corrected chi connectivity index (χ2v) is 4.70. The fourth-order valence-electron chi connectivity index (χ4n) is 1.18. The number of ether oxygens (including phenoxy) is 1. The van der Waals surface area contributed by atoms with Gasteiger partial charge in [-0.15, -0.1) is 11.8 Å². The molecule has 3 nitrogen and oxygen atoms in total. The fraction of sp³-hybridized carbons (Fsp3) is 0.364. The molecule has 0 saturated carbocycles. The maximum Gasteiger partial charge on any atom is 0.309 e. The Hall–Kier alpha value is -0.710. The van der Waals surface area contributed by atoms with Crippen LogP contribution in [0.1, 0.15) is 5.56 Å². The van der Waals surface area contributed by atoms with Crippen LogP contribution < -0.4 is 5.73 Å². The number of benzene rings is 1. The third-order valence-corrected chi connectivity index (χ3v) is 3.48. The second-order valence-electron chi connectivity index (χ2n) is 3.15. The lowest BCUT2D eigenvalue weighted by molar-refractivity contribution is -0.139. The van der Waals surface area contributed by atoms with Gasteiger partial charge >= 0.3 is 5.97 Å². The summed E-state index contributed by atoms with van der Waals surface area (Å²) < 4.78 is 4.59. The lowest BCUT2D eigenvalue weighted by Gasteiger charge is -2.05. The average Bonchev–Trinajstić information content (AvgIpc) is 2.28. The zero-order chi connectivity index (χ0) is 12.0. The van der Waals surface area contributed by atoms with Gasteiger partial charge in [-0.2, -0.15) is 0 Å². The zero-order valence-corrected chi connectivity index (χ0v) is 10.6. The first-order valence-electron chi connectivity index (χ1n) is 4.85. The summed E-state index contributed by atoms with van der Waals surface area (Å²) in [5, 5.41) is 0.653. The molecule has 2 N–H and O–H groups in total. The molecule has 0 heterocycles. The Bertz CT molecular complexity index is 371. The van der Waals surface area contributed by atoms with Crippen molar-refractivity contribution in [2.75, 3.05) is 19.4 Å². The molecule has 0 saturated heterocycles. The topological polar surface area (TPSA) is 52.3 Å². The second kappa shape index (κ2) is 6.78. The van der Waals surface area contributed by atoms with Gasteiger partial charge in [0.1, 0.15) is 0 Å². The van der Waals surface area contributed by atoms with Crippen LogP contribution in [0.25, 0.3) is 0 Å². The van der Waals surface area contributed by atoms with E-state index in [2.05, 4.69) is 4.74 Å². The molecule has 1 aromatic carbocycles. The minimum Gasteiger partial charge on any atom is -0.469 e. The highest BCUT2D eigenvalue weighted by atomic mass is 35.5. The van der Waals surface area contributed by atoms with E-state index in [1.807, 2.05) is 12.1 Å². The van der Waals surface area contributed by atoms with Gasteiger partial charge in [0.2, 0.25) is 0 Å². The van der Waals surface area contributed by atoms with E-state index >= 15 is 0 Å². The van der Waals surface area contributed by atoms with E-state index in [1.54, 1.807) is 17.8 Å². The molecule has 88 valence electrons. The van der Waals surface area contributed by atoms with Crippen molar-refractivity contribution >= 4 is 29.3 Å². The van der Waals surface area contributed by atoms with Crippen molar-refractivity contribution in [1.82, 2.24) is 0 Å². The molecule has 0 aliphatic rings. The van der Waals surface area contributed by atoms with E-state index in [-0.39, 0.29) is 12.4 Å². The van der Waals surface area contributed by atoms with Crippen molar-refractivity contribution in [2.45, 2.75) is 11.3 Å². The Balaban J connectivity index is 2.70. The number of hydrogen-bond donors (Lipinski definition) is 1. The number of esters is 1. The molecule has 0 aliphatic carbocycles. The molecule has 0 aliphatic heterocycles. The maximum atomic E-state index is 11.1. The van der Waals surface area contributed by atoms with Crippen LogP contribution in [0, 0.1) is 0 Å². The van der Waals surface area contributed by atoms with Gasteiger partial charge in [-0.1, -0.05) is 17.7 Å². The quantitative estimate of drug-likeness (QED) is 0.650. The van der Waals surface area contributed by atoms with E-state index in [0.29, 0.717) is 11.6 Å². The number of nitrogens with two attached hydrogens (primary N) is 1. The smallest absolute Gasteiger partial charge is 0.309 e. The van der Waals surface area contributed by atoms with E-state index in [9.17, 15) is 4.79 Å². The number of rotatable bonds is 5.